The molecule has 0 bridgehead atoms. The highest BCUT2D eigenvalue weighted by atomic mass is 32.2. The van der Waals surface area contributed by atoms with Crippen molar-refractivity contribution in [2.24, 2.45) is 0 Å². The van der Waals surface area contributed by atoms with E-state index < -0.39 is 21.4 Å². The molecule has 1 atom stereocenters. The van der Waals surface area contributed by atoms with Gasteiger partial charge < -0.3 is 20.6 Å². The van der Waals surface area contributed by atoms with Crippen molar-refractivity contribution in [3.8, 4) is 0 Å². The quantitative estimate of drug-likeness (QED) is 0.582. The van der Waals surface area contributed by atoms with Gasteiger partial charge in [0.15, 0.2) is 0 Å². The first-order chi connectivity index (χ1) is 15.2. The third kappa shape index (κ3) is 5.42. The van der Waals surface area contributed by atoms with Gasteiger partial charge in [-0.15, -0.1) is 0 Å². The third-order valence-corrected chi connectivity index (χ3v) is 8.04. The molecule has 0 saturated carbocycles. The molecule has 0 spiro atoms. The number of benzene rings is 1. The van der Waals surface area contributed by atoms with Gasteiger partial charge in [0.05, 0.1) is 41.9 Å². The van der Waals surface area contributed by atoms with Crippen molar-refractivity contribution in [2.45, 2.75) is 50.9 Å². The average molecular weight is 494 g/mol. The Balaban J connectivity index is 0.00000306. The number of carbonyl (C=O) groups excluding carboxylic acids is 1. The number of amides is 2. The lowest BCUT2D eigenvalue weighted by molar-refractivity contribution is 0.136. The summed E-state index contributed by atoms with van der Waals surface area (Å²) in [5.74, 6) is 0.789. The van der Waals surface area contributed by atoms with Gasteiger partial charge in [-0.1, -0.05) is 30.3 Å². The Morgan fingerprint density at radius 2 is 1.91 bits per heavy atom. The Bertz CT molecular complexity index is 1080. The molecule has 4 rings (SSSR count). The second kappa shape index (κ2) is 9.86. The lowest BCUT2D eigenvalue weighted by atomic mass is 9.97. The van der Waals surface area contributed by atoms with Gasteiger partial charge in [-0.3, -0.25) is 0 Å². The fraction of sp³-hybridized carbons (Fsp3) is 0.500. The zero-order valence-electron chi connectivity index (χ0n) is 18.8. The van der Waals surface area contributed by atoms with Crippen LogP contribution in [0.2, 0.25) is 0 Å². The minimum atomic E-state index is -2.93. The minimum Gasteiger partial charge on any atom is -0.394 e. The number of fused-ring (bicyclic) bond motifs is 1. The van der Waals surface area contributed by atoms with Crippen LogP contribution in [0.3, 0.4) is 0 Å². The molecule has 1 saturated heterocycles. The van der Waals surface area contributed by atoms with E-state index in [1.807, 2.05) is 44.2 Å². The minimum absolute atomic E-state index is 0. The van der Waals surface area contributed by atoms with E-state index in [0.717, 1.165) is 16.8 Å². The number of urea groups is 1. The molecule has 3 heterocycles. The number of aliphatic hydroxyl groups is 1. The Morgan fingerprint density at radius 1 is 1.24 bits per heavy atom. The third-order valence-electron chi connectivity index (χ3n) is 6.32. The summed E-state index contributed by atoms with van der Waals surface area (Å²) in [6, 6.07) is 8.57. The smallest absolute Gasteiger partial charge is 0.319 e. The number of hydrogen-bond donors (Lipinski definition) is 3. The number of carbonyl (C=O) groups is 1. The van der Waals surface area contributed by atoms with Crippen molar-refractivity contribution in [3.05, 3.63) is 53.3 Å². The summed E-state index contributed by atoms with van der Waals surface area (Å²) in [7, 11) is -2.93. The zero-order valence-corrected chi connectivity index (χ0v) is 20.6. The average Bonchev–Trinajstić information content (AvgIpc) is 3.04. The fourth-order valence-corrected chi connectivity index (χ4v) is 5.79. The molecule has 2 aliphatic rings. The topological polar surface area (TPSA) is 125 Å². The number of nitrogens with one attached hydrogen (secondary N) is 2. The molecule has 2 amide bonds. The molecular weight excluding hydrogens is 462 g/mol. The van der Waals surface area contributed by atoms with Crippen molar-refractivity contribution < 1.29 is 18.3 Å². The Kier molecular flexibility index (Phi) is 7.55. The fourth-order valence-electron chi connectivity index (χ4n) is 4.30. The summed E-state index contributed by atoms with van der Waals surface area (Å²) >= 11 is 0. The second-order valence-corrected chi connectivity index (χ2v) is 11.2. The number of rotatable bonds is 5. The van der Waals surface area contributed by atoms with Crippen LogP contribution in [0.15, 0.2) is 36.5 Å². The monoisotopic (exact) mass is 493 g/mol. The van der Waals surface area contributed by atoms with Crippen LogP contribution in [-0.4, -0.2) is 58.6 Å². The van der Waals surface area contributed by atoms with Crippen LogP contribution in [0.1, 0.15) is 49.6 Å². The highest BCUT2D eigenvalue weighted by Gasteiger charge is 2.42. The predicted octanol–water partition coefficient (Wildman–Crippen LogP) is 2.07. The van der Waals surface area contributed by atoms with Gasteiger partial charge in [-0.25, -0.2) is 23.2 Å². The van der Waals surface area contributed by atoms with Crippen LogP contribution in [0.4, 0.5) is 10.7 Å². The summed E-state index contributed by atoms with van der Waals surface area (Å²) in [6.45, 7) is 3.99. The molecule has 180 valence electrons. The van der Waals surface area contributed by atoms with E-state index in [0.29, 0.717) is 25.3 Å². The Morgan fingerprint density at radius 3 is 2.55 bits per heavy atom. The van der Waals surface area contributed by atoms with Gasteiger partial charge in [-0.2, -0.15) is 13.5 Å². The maximum Gasteiger partial charge on any atom is 0.319 e. The lowest BCUT2D eigenvalue weighted by Gasteiger charge is -2.33. The van der Waals surface area contributed by atoms with Crippen molar-refractivity contribution in [3.63, 3.8) is 0 Å². The molecular formula is C22H31N5O4S2. The standard InChI is InChI=1S/C22H29N5O4S.H2S/c1-22(2)17-12-23-20(24-16-8-10-32(30,31)11-9-16)25-18(17)13-27(22)21(29)26-19(14-28)15-6-4-3-5-7-15;/h3-7,12,16,19,28H,8-11,13-14H2,1-2H3,(H,26,29)(H,23,24,25);1H2/t19-;/m1./s1. The SMILES string of the molecule is CC1(C)c2cnc(NC3CCS(=O)(=O)CC3)nc2CN1C(=O)N[C@H](CO)c1ccccc1.S. The van der Waals surface area contributed by atoms with Gasteiger partial charge in [0, 0.05) is 17.8 Å². The maximum absolute atomic E-state index is 13.1. The van der Waals surface area contributed by atoms with Crippen LogP contribution in [0, 0.1) is 0 Å². The molecule has 0 unspecified atom stereocenters. The highest BCUT2D eigenvalue weighted by Crippen LogP contribution is 2.38. The maximum atomic E-state index is 13.1. The molecule has 3 N–H and O–H groups in total. The van der Waals surface area contributed by atoms with Crippen LogP contribution in [0.5, 0.6) is 0 Å². The van der Waals surface area contributed by atoms with Crippen LogP contribution in [-0.2, 0) is 21.9 Å². The predicted molar refractivity (Wildman–Crippen MR) is 131 cm³/mol. The molecule has 0 radical (unpaired) electrons. The first-order valence-electron chi connectivity index (χ1n) is 10.8. The van der Waals surface area contributed by atoms with Crippen LogP contribution >= 0.6 is 13.5 Å². The summed E-state index contributed by atoms with van der Waals surface area (Å²) in [5, 5.41) is 16.0. The van der Waals surface area contributed by atoms with Gasteiger partial charge >= 0.3 is 6.03 Å². The molecule has 9 nitrogen and oxygen atoms in total. The summed E-state index contributed by atoms with van der Waals surface area (Å²) < 4.78 is 23.3. The number of nitrogens with zero attached hydrogens (tertiary/aromatic N) is 3. The number of sulfone groups is 1. The van der Waals surface area contributed by atoms with E-state index in [-0.39, 0.29) is 43.7 Å². The number of aliphatic hydroxyl groups excluding tert-OH is 1. The molecule has 11 heteroatoms. The Hall–Kier alpha value is -2.37. The lowest BCUT2D eigenvalue weighted by Crippen LogP contribution is -2.47. The molecule has 1 fully saturated rings. The van der Waals surface area contributed by atoms with E-state index in [1.165, 1.54) is 0 Å². The van der Waals surface area contributed by atoms with Crippen LogP contribution in [0.25, 0.3) is 0 Å². The van der Waals surface area contributed by atoms with Crippen LogP contribution < -0.4 is 10.6 Å². The van der Waals surface area contributed by atoms with Crippen molar-refractivity contribution in [1.82, 2.24) is 20.2 Å². The molecule has 33 heavy (non-hydrogen) atoms. The van der Waals surface area contributed by atoms with E-state index in [4.69, 9.17) is 0 Å². The normalized spacial score (nSPS) is 19.8. The second-order valence-electron chi connectivity index (χ2n) is 8.86. The molecule has 1 aromatic carbocycles. The van der Waals surface area contributed by atoms with Crippen molar-refractivity contribution >= 4 is 35.3 Å². The summed E-state index contributed by atoms with van der Waals surface area (Å²) in [5.41, 5.74) is 1.84. The van der Waals surface area contributed by atoms with E-state index >= 15 is 0 Å². The number of hydrogen-bond acceptors (Lipinski definition) is 7. The summed E-state index contributed by atoms with van der Waals surface area (Å²) in [6.07, 6.45) is 2.80. The van der Waals surface area contributed by atoms with E-state index in [9.17, 15) is 18.3 Å². The van der Waals surface area contributed by atoms with Gasteiger partial charge in [0.25, 0.3) is 0 Å². The first-order valence-corrected chi connectivity index (χ1v) is 12.6. The van der Waals surface area contributed by atoms with Crippen molar-refractivity contribution in [1.29, 1.82) is 0 Å². The summed E-state index contributed by atoms with van der Waals surface area (Å²) in [4.78, 5) is 23.9. The van der Waals surface area contributed by atoms with Gasteiger partial charge in [0.2, 0.25) is 5.95 Å². The Labute approximate surface area is 201 Å². The van der Waals surface area contributed by atoms with E-state index in [1.54, 1.807) is 11.1 Å². The molecule has 2 aromatic rings. The molecule has 0 aliphatic carbocycles. The number of aromatic nitrogens is 2. The largest absolute Gasteiger partial charge is 0.394 e. The highest BCUT2D eigenvalue weighted by molar-refractivity contribution is 7.91. The van der Waals surface area contributed by atoms with Gasteiger partial charge in [-0.05, 0) is 32.3 Å². The van der Waals surface area contributed by atoms with Crippen molar-refractivity contribution in [2.75, 3.05) is 23.4 Å². The first kappa shape index (κ1) is 25.3. The number of anilines is 1. The molecule has 2 aliphatic heterocycles. The zero-order chi connectivity index (χ0) is 22.9. The molecule has 1 aromatic heterocycles. The van der Waals surface area contributed by atoms with E-state index in [2.05, 4.69) is 20.6 Å². The van der Waals surface area contributed by atoms with Gasteiger partial charge in [0.1, 0.15) is 9.84 Å².